The molecule has 0 aromatic rings. The number of allylic oxidation sites excluding steroid dienone is 1. The Morgan fingerprint density at radius 1 is 1.19 bits per heavy atom. The van der Waals surface area contributed by atoms with Gasteiger partial charge in [-0.25, -0.2) is 0 Å². The van der Waals surface area contributed by atoms with Gasteiger partial charge in [0.25, 0.3) is 0 Å². The van der Waals surface area contributed by atoms with Gasteiger partial charge in [0.2, 0.25) is 0 Å². The number of cyclic esters (lactones) is 1. The lowest BCUT2D eigenvalue weighted by Crippen LogP contribution is -2.31. The quantitative estimate of drug-likeness (QED) is 0.416. The van der Waals surface area contributed by atoms with Crippen LogP contribution in [0.3, 0.4) is 0 Å². The summed E-state index contributed by atoms with van der Waals surface area (Å²) in [6, 6.07) is 0. The number of esters is 1. The molecular formula is C18H28O3. The summed E-state index contributed by atoms with van der Waals surface area (Å²) in [5.74, 6) is 0.917. The van der Waals surface area contributed by atoms with Crippen molar-refractivity contribution in [3.63, 3.8) is 0 Å². The average molecular weight is 292 g/mol. The van der Waals surface area contributed by atoms with Crippen molar-refractivity contribution in [2.45, 2.75) is 83.0 Å². The number of ether oxygens (including phenoxy) is 2. The lowest BCUT2D eigenvalue weighted by atomic mass is 9.87. The van der Waals surface area contributed by atoms with E-state index in [0.717, 1.165) is 25.7 Å². The zero-order valence-electron chi connectivity index (χ0n) is 13.1. The molecular weight excluding hydrogens is 264 g/mol. The molecule has 21 heavy (non-hydrogen) atoms. The van der Waals surface area contributed by atoms with Gasteiger partial charge in [-0.2, -0.15) is 0 Å². The molecule has 2 fully saturated rings. The number of carbonyl (C=O) groups is 1. The molecule has 1 saturated carbocycles. The molecule has 0 N–H and O–H groups in total. The number of rotatable bonds is 1. The number of hydrogen-bond donors (Lipinski definition) is 0. The second-order valence-electron chi connectivity index (χ2n) is 6.79. The van der Waals surface area contributed by atoms with E-state index in [4.69, 9.17) is 9.47 Å². The predicted octanol–water partition coefficient (Wildman–Crippen LogP) is 4.01. The summed E-state index contributed by atoms with van der Waals surface area (Å²) in [4.78, 5) is 12.0. The maximum absolute atomic E-state index is 12.0. The Morgan fingerprint density at radius 3 is 2.86 bits per heavy atom. The first-order valence-corrected chi connectivity index (χ1v) is 8.81. The minimum atomic E-state index is 0.00290. The molecule has 1 aliphatic carbocycles. The van der Waals surface area contributed by atoms with Crippen LogP contribution < -0.4 is 0 Å². The Hall–Kier alpha value is -0.830. The molecule has 3 heteroatoms. The third-order valence-electron chi connectivity index (χ3n) is 5.27. The smallest absolute Gasteiger partial charge is 0.306 e. The van der Waals surface area contributed by atoms with Crippen LogP contribution in [0.5, 0.6) is 0 Å². The van der Waals surface area contributed by atoms with Crippen LogP contribution in [0.4, 0.5) is 0 Å². The molecule has 2 aliphatic heterocycles. The summed E-state index contributed by atoms with van der Waals surface area (Å²) in [7, 11) is 0. The minimum Gasteiger partial charge on any atom is -0.462 e. The number of fused-ring (bicyclic) bond motifs is 3. The number of epoxide rings is 1. The molecule has 1 saturated heterocycles. The van der Waals surface area contributed by atoms with Gasteiger partial charge in [-0.1, -0.05) is 38.3 Å². The highest BCUT2D eigenvalue weighted by molar-refractivity contribution is 5.69. The zero-order valence-corrected chi connectivity index (χ0v) is 13.1. The highest BCUT2D eigenvalue weighted by Crippen LogP contribution is 2.49. The largest absolute Gasteiger partial charge is 0.462 e. The number of carbonyl (C=O) groups excluding carboxylic acids is 1. The molecule has 118 valence electrons. The van der Waals surface area contributed by atoms with Crippen molar-refractivity contribution in [3.8, 4) is 0 Å². The van der Waals surface area contributed by atoms with Crippen LogP contribution in [0, 0.1) is 11.8 Å². The molecule has 0 aromatic carbocycles. The summed E-state index contributed by atoms with van der Waals surface area (Å²) >= 11 is 0. The van der Waals surface area contributed by atoms with Crippen LogP contribution in [0.15, 0.2) is 12.2 Å². The van der Waals surface area contributed by atoms with E-state index in [1.54, 1.807) is 0 Å². The third-order valence-corrected chi connectivity index (χ3v) is 5.27. The van der Waals surface area contributed by atoms with E-state index in [2.05, 4.69) is 19.1 Å². The van der Waals surface area contributed by atoms with Crippen LogP contribution in [0.2, 0.25) is 0 Å². The standard InChI is InChI=1S/C18H28O3/c1-2-15-14-12-16-18(21-16)13(14)10-8-6-4-3-5-7-9-11-17(19)20-15/h8,10,13-16,18H,2-7,9,11-12H2,1H3/b10-8-/t13-,14+,15-,16-,18+/m0/s1. The Bertz CT molecular complexity index is 390. The number of hydrogen-bond acceptors (Lipinski definition) is 3. The van der Waals surface area contributed by atoms with Crippen LogP contribution in [-0.4, -0.2) is 24.3 Å². The molecule has 0 radical (unpaired) electrons. The second-order valence-corrected chi connectivity index (χ2v) is 6.79. The molecule has 0 spiro atoms. The molecule has 3 nitrogen and oxygen atoms in total. The second kappa shape index (κ2) is 6.95. The summed E-state index contributed by atoms with van der Waals surface area (Å²) in [5, 5.41) is 0. The zero-order chi connectivity index (χ0) is 14.7. The fourth-order valence-electron chi connectivity index (χ4n) is 4.02. The van der Waals surface area contributed by atoms with Gasteiger partial charge in [0.1, 0.15) is 6.10 Å². The molecule has 3 aliphatic rings. The van der Waals surface area contributed by atoms with Crippen LogP contribution >= 0.6 is 0 Å². The Kier molecular flexibility index (Phi) is 4.99. The third kappa shape index (κ3) is 3.68. The van der Waals surface area contributed by atoms with Crippen molar-refractivity contribution >= 4 is 5.97 Å². The van der Waals surface area contributed by atoms with Crippen molar-refractivity contribution in [1.29, 1.82) is 0 Å². The van der Waals surface area contributed by atoms with E-state index >= 15 is 0 Å². The fourth-order valence-corrected chi connectivity index (χ4v) is 4.02. The first-order valence-electron chi connectivity index (χ1n) is 8.81. The van der Waals surface area contributed by atoms with Gasteiger partial charge in [0.05, 0.1) is 12.2 Å². The van der Waals surface area contributed by atoms with E-state index in [1.165, 1.54) is 25.7 Å². The highest BCUT2D eigenvalue weighted by Gasteiger charge is 2.56. The van der Waals surface area contributed by atoms with Crippen LogP contribution in [-0.2, 0) is 14.3 Å². The molecule has 0 aromatic heterocycles. The van der Waals surface area contributed by atoms with Crippen molar-refractivity contribution < 1.29 is 14.3 Å². The topological polar surface area (TPSA) is 38.8 Å². The highest BCUT2D eigenvalue weighted by atomic mass is 16.6. The van der Waals surface area contributed by atoms with Crippen molar-refractivity contribution in [2.24, 2.45) is 11.8 Å². The van der Waals surface area contributed by atoms with Gasteiger partial charge < -0.3 is 9.47 Å². The Balaban J connectivity index is 1.69. The summed E-state index contributed by atoms with van der Waals surface area (Å²) in [5.41, 5.74) is 0. The van der Waals surface area contributed by atoms with E-state index in [1.807, 2.05) is 0 Å². The summed E-state index contributed by atoms with van der Waals surface area (Å²) in [6.45, 7) is 2.13. The van der Waals surface area contributed by atoms with E-state index in [0.29, 0.717) is 30.5 Å². The fraction of sp³-hybridized carbons (Fsp3) is 0.833. The monoisotopic (exact) mass is 292 g/mol. The van der Waals surface area contributed by atoms with Crippen molar-refractivity contribution in [1.82, 2.24) is 0 Å². The Labute approximate surface area is 128 Å². The van der Waals surface area contributed by atoms with Crippen LogP contribution in [0.25, 0.3) is 0 Å². The maximum atomic E-state index is 12.0. The van der Waals surface area contributed by atoms with Gasteiger partial charge in [-0.15, -0.1) is 0 Å². The van der Waals surface area contributed by atoms with Gasteiger partial charge in [-0.05, 0) is 32.1 Å². The summed E-state index contributed by atoms with van der Waals surface area (Å²) < 4.78 is 11.5. The molecule has 5 atom stereocenters. The van der Waals surface area contributed by atoms with Crippen LogP contribution in [0.1, 0.15) is 64.7 Å². The average Bonchev–Trinajstić information content (AvgIpc) is 3.16. The molecule has 0 bridgehead atoms. The van der Waals surface area contributed by atoms with E-state index in [9.17, 15) is 4.79 Å². The van der Waals surface area contributed by atoms with Gasteiger partial charge in [0, 0.05) is 18.3 Å². The summed E-state index contributed by atoms with van der Waals surface area (Å²) in [6.07, 6.45) is 15.2. The first kappa shape index (κ1) is 15.1. The van der Waals surface area contributed by atoms with Gasteiger partial charge >= 0.3 is 5.97 Å². The van der Waals surface area contributed by atoms with E-state index in [-0.39, 0.29) is 12.1 Å². The van der Waals surface area contributed by atoms with Crippen molar-refractivity contribution in [2.75, 3.05) is 0 Å². The normalized spacial score (nSPS) is 42.3. The lowest BCUT2D eigenvalue weighted by Gasteiger charge is -2.28. The lowest BCUT2D eigenvalue weighted by molar-refractivity contribution is -0.153. The SMILES string of the molecule is CC[C@@H]1OC(=O)CCCCCCC/C=C\[C@H]2[C@H]1C[C@@H]1O[C@H]21. The first-order chi connectivity index (χ1) is 10.3. The molecule has 2 heterocycles. The van der Waals surface area contributed by atoms with Gasteiger partial charge in [0.15, 0.2) is 0 Å². The minimum absolute atomic E-state index is 0.00290. The molecule has 0 unspecified atom stereocenters. The molecule has 3 rings (SSSR count). The Morgan fingerprint density at radius 2 is 2.00 bits per heavy atom. The van der Waals surface area contributed by atoms with Gasteiger partial charge in [-0.3, -0.25) is 4.79 Å². The maximum Gasteiger partial charge on any atom is 0.306 e. The molecule has 0 amide bonds. The predicted molar refractivity (Wildman–Crippen MR) is 81.9 cm³/mol. The van der Waals surface area contributed by atoms with Crippen molar-refractivity contribution in [3.05, 3.63) is 12.2 Å². The van der Waals surface area contributed by atoms with E-state index < -0.39 is 0 Å².